The highest BCUT2D eigenvalue weighted by Crippen LogP contribution is 2.29. The van der Waals surface area contributed by atoms with Crippen molar-refractivity contribution in [2.24, 2.45) is 4.99 Å². The summed E-state index contributed by atoms with van der Waals surface area (Å²) in [4.78, 5) is 39.0. The van der Waals surface area contributed by atoms with Crippen LogP contribution in [0.15, 0.2) is 38.5 Å². The number of anilines is 1. The third-order valence-corrected chi connectivity index (χ3v) is 3.56. The predicted molar refractivity (Wildman–Crippen MR) is 95.5 cm³/mol. The zero-order valence-electron chi connectivity index (χ0n) is 14.5. The molecule has 1 aromatic carbocycles. The van der Waals surface area contributed by atoms with Gasteiger partial charge in [-0.05, 0) is 38.1 Å². The highest BCUT2D eigenvalue weighted by molar-refractivity contribution is 6.07. The van der Waals surface area contributed by atoms with Gasteiger partial charge in [0.25, 0.3) is 5.95 Å². The van der Waals surface area contributed by atoms with E-state index in [1.165, 1.54) is 6.92 Å². The number of amides is 1. The van der Waals surface area contributed by atoms with Crippen molar-refractivity contribution in [2.75, 3.05) is 5.32 Å². The van der Waals surface area contributed by atoms with Crippen LogP contribution >= 0.6 is 0 Å². The minimum Gasteiger partial charge on any atom is -0.506 e. The number of aromatic hydroxyl groups is 2. The summed E-state index contributed by atoms with van der Waals surface area (Å²) in [5.74, 6) is -2.40. The van der Waals surface area contributed by atoms with E-state index in [1.54, 1.807) is 31.2 Å². The number of ketones is 1. The van der Waals surface area contributed by atoms with Crippen molar-refractivity contribution in [2.45, 2.75) is 27.2 Å². The average Bonchev–Trinajstić information content (AvgIpc) is 2.55. The molecule has 0 unspecified atom stereocenters. The highest BCUT2D eigenvalue weighted by atomic mass is 16.5. The molecule has 0 bridgehead atoms. The van der Waals surface area contributed by atoms with Crippen LogP contribution in [0.2, 0.25) is 0 Å². The average molecular weight is 358 g/mol. The van der Waals surface area contributed by atoms with Gasteiger partial charge in [0, 0.05) is 12.1 Å². The van der Waals surface area contributed by atoms with Crippen LogP contribution in [0, 0.1) is 0 Å². The van der Waals surface area contributed by atoms with Crippen molar-refractivity contribution in [3.63, 3.8) is 0 Å². The van der Waals surface area contributed by atoms with E-state index < -0.39 is 28.7 Å². The molecule has 0 aliphatic rings. The van der Waals surface area contributed by atoms with E-state index in [4.69, 9.17) is 0 Å². The summed E-state index contributed by atoms with van der Waals surface area (Å²) in [5.41, 5.74) is -0.655. The number of carbonyl (C=O) groups is 2. The smallest absolute Gasteiger partial charge is 0.351 e. The van der Waals surface area contributed by atoms with E-state index in [2.05, 4.69) is 14.7 Å². The van der Waals surface area contributed by atoms with Gasteiger partial charge in [0.05, 0.1) is 11.4 Å². The highest BCUT2D eigenvalue weighted by Gasteiger charge is 2.23. The van der Waals surface area contributed by atoms with Gasteiger partial charge in [-0.15, -0.1) is 0 Å². The maximum absolute atomic E-state index is 11.9. The van der Waals surface area contributed by atoms with Crippen molar-refractivity contribution in [3.05, 3.63) is 45.8 Å². The second kappa shape index (κ2) is 7.64. The first-order chi connectivity index (χ1) is 12.2. The van der Waals surface area contributed by atoms with Gasteiger partial charge in [0.15, 0.2) is 5.78 Å². The lowest BCUT2D eigenvalue weighted by Gasteiger charge is -2.08. The third-order valence-electron chi connectivity index (χ3n) is 3.56. The minimum atomic E-state index is -1.02. The Morgan fingerprint density at radius 1 is 1.12 bits per heavy atom. The van der Waals surface area contributed by atoms with Crippen molar-refractivity contribution < 1.29 is 24.2 Å². The van der Waals surface area contributed by atoms with Gasteiger partial charge in [0.1, 0.15) is 16.9 Å². The quantitative estimate of drug-likeness (QED) is 0.557. The molecular weight excluding hydrogens is 340 g/mol. The molecule has 3 N–H and O–H groups in total. The van der Waals surface area contributed by atoms with Gasteiger partial charge in [0.2, 0.25) is 5.91 Å². The van der Waals surface area contributed by atoms with Crippen LogP contribution in [0.4, 0.5) is 11.4 Å². The predicted octanol–water partition coefficient (Wildman–Crippen LogP) is 2.74. The van der Waals surface area contributed by atoms with Crippen LogP contribution in [0.1, 0.15) is 43.1 Å². The Kier molecular flexibility index (Phi) is 5.56. The zero-order valence-corrected chi connectivity index (χ0v) is 14.5. The van der Waals surface area contributed by atoms with E-state index in [-0.39, 0.29) is 17.2 Å². The number of nitrogens with zero attached hydrogens (tertiary/aromatic N) is 1. The normalized spacial score (nSPS) is 11.3. The molecule has 8 heteroatoms. The topological polar surface area (TPSA) is 129 Å². The molecular formula is C18H18N2O6. The molecule has 0 spiro atoms. The summed E-state index contributed by atoms with van der Waals surface area (Å²) >= 11 is 0. The largest absolute Gasteiger partial charge is 0.506 e. The van der Waals surface area contributed by atoms with Crippen LogP contribution in [0.5, 0.6) is 11.7 Å². The van der Waals surface area contributed by atoms with Crippen LogP contribution in [0.25, 0.3) is 0 Å². The first-order valence-corrected chi connectivity index (χ1v) is 7.80. The van der Waals surface area contributed by atoms with Gasteiger partial charge in [-0.25, -0.2) is 4.79 Å². The molecule has 136 valence electrons. The van der Waals surface area contributed by atoms with E-state index in [0.29, 0.717) is 17.8 Å². The minimum absolute atomic E-state index is 0.101. The molecule has 0 aliphatic carbocycles. The number of benzene rings is 1. The molecule has 1 heterocycles. The Morgan fingerprint density at radius 3 is 2.27 bits per heavy atom. The molecule has 0 atom stereocenters. The van der Waals surface area contributed by atoms with E-state index >= 15 is 0 Å². The van der Waals surface area contributed by atoms with Gasteiger partial charge in [-0.3, -0.25) is 14.6 Å². The first-order valence-electron chi connectivity index (χ1n) is 7.80. The van der Waals surface area contributed by atoms with Gasteiger partial charge in [-0.2, -0.15) is 0 Å². The Balaban J connectivity index is 2.41. The molecule has 2 rings (SSSR count). The SMILES string of the molecule is CCC(=O)Nc1ccc(N=C(C)c2c(O)c(C(C)=O)c(O)oc2=O)cc1. The molecule has 1 aromatic heterocycles. The molecule has 0 radical (unpaired) electrons. The van der Waals surface area contributed by atoms with E-state index in [0.717, 1.165) is 6.92 Å². The van der Waals surface area contributed by atoms with Gasteiger partial charge in [-0.1, -0.05) is 6.92 Å². The number of hydrogen-bond acceptors (Lipinski definition) is 7. The molecule has 26 heavy (non-hydrogen) atoms. The van der Waals surface area contributed by atoms with Gasteiger partial charge >= 0.3 is 5.63 Å². The fraction of sp³-hybridized carbons (Fsp3) is 0.222. The van der Waals surface area contributed by atoms with Crippen molar-refractivity contribution >= 4 is 28.8 Å². The summed E-state index contributed by atoms with van der Waals surface area (Å²) in [6.07, 6.45) is 0.355. The number of rotatable bonds is 5. The second-order valence-electron chi connectivity index (χ2n) is 5.50. The molecule has 0 fully saturated rings. The van der Waals surface area contributed by atoms with Gasteiger partial charge < -0.3 is 19.9 Å². The molecule has 0 saturated carbocycles. The lowest BCUT2D eigenvalue weighted by molar-refractivity contribution is -0.115. The Bertz CT molecular complexity index is 941. The van der Waals surface area contributed by atoms with Crippen molar-refractivity contribution in [1.29, 1.82) is 0 Å². The summed E-state index contributed by atoms with van der Waals surface area (Å²) in [7, 11) is 0. The standard InChI is InChI=1S/C18H18N2O6/c1-4-13(22)20-12-7-5-11(6-8-12)19-9(2)14-16(23)15(10(3)21)18(25)26-17(14)24/h5-8,23,25H,4H2,1-3H3,(H,20,22). The summed E-state index contributed by atoms with van der Waals surface area (Å²) in [6, 6.07) is 6.50. The monoisotopic (exact) mass is 358 g/mol. The van der Waals surface area contributed by atoms with Crippen LogP contribution in [-0.2, 0) is 4.79 Å². The first kappa shape index (κ1) is 18.9. The van der Waals surface area contributed by atoms with E-state index in [9.17, 15) is 24.6 Å². The fourth-order valence-electron chi connectivity index (χ4n) is 2.27. The Labute approximate surface area is 148 Å². The van der Waals surface area contributed by atoms with Crippen LogP contribution in [-0.4, -0.2) is 27.6 Å². The Morgan fingerprint density at radius 2 is 1.73 bits per heavy atom. The number of aliphatic imine (C=N–C) groups is 1. The van der Waals surface area contributed by atoms with E-state index in [1.807, 2.05) is 0 Å². The zero-order chi connectivity index (χ0) is 19.4. The number of hydrogen-bond donors (Lipinski definition) is 3. The number of Topliss-reactive ketones (excluding diaryl/α,β-unsaturated/α-hetero) is 1. The molecule has 8 nitrogen and oxygen atoms in total. The van der Waals surface area contributed by atoms with Crippen LogP contribution in [0.3, 0.4) is 0 Å². The third kappa shape index (κ3) is 3.97. The lowest BCUT2D eigenvalue weighted by Crippen LogP contribution is -2.15. The molecule has 0 aliphatic heterocycles. The summed E-state index contributed by atoms with van der Waals surface area (Å²) < 4.78 is 4.61. The lowest BCUT2D eigenvalue weighted by atomic mass is 10.1. The summed E-state index contributed by atoms with van der Waals surface area (Å²) in [5, 5.41) is 22.4. The maximum atomic E-state index is 11.9. The van der Waals surface area contributed by atoms with Crippen molar-refractivity contribution in [1.82, 2.24) is 0 Å². The maximum Gasteiger partial charge on any atom is 0.351 e. The molecule has 1 amide bonds. The van der Waals surface area contributed by atoms with Crippen molar-refractivity contribution in [3.8, 4) is 11.7 Å². The Hall–Kier alpha value is -3.42. The number of carbonyl (C=O) groups excluding carboxylic acids is 2. The fourth-order valence-corrected chi connectivity index (χ4v) is 2.27. The summed E-state index contributed by atoms with van der Waals surface area (Å²) in [6.45, 7) is 4.32. The second-order valence-corrected chi connectivity index (χ2v) is 5.50. The number of nitrogens with one attached hydrogen (secondary N) is 1. The molecule has 2 aromatic rings. The molecule has 0 saturated heterocycles. The van der Waals surface area contributed by atoms with Crippen LogP contribution < -0.4 is 10.9 Å².